The molecule has 1 N–H and O–H groups in total. The number of hydrogen-bond donors (Lipinski definition) is 1. The van der Waals surface area contributed by atoms with Crippen molar-refractivity contribution in [3.63, 3.8) is 0 Å². The summed E-state index contributed by atoms with van der Waals surface area (Å²) < 4.78 is 22.1. The Bertz CT molecular complexity index is 1370. The average Bonchev–Trinajstić information content (AvgIpc) is 3.37. The van der Waals surface area contributed by atoms with Crippen LogP contribution in [0, 0.1) is 19.7 Å². The van der Waals surface area contributed by atoms with E-state index in [0.29, 0.717) is 44.3 Å². The van der Waals surface area contributed by atoms with Crippen molar-refractivity contribution in [2.24, 2.45) is 0 Å². The van der Waals surface area contributed by atoms with Crippen LogP contribution < -0.4 is 10.1 Å². The van der Waals surface area contributed by atoms with Crippen LogP contribution in [0.15, 0.2) is 48.7 Å². The van der Waals surface area contributed by atoms with E-state index in [-0.39, 0.29) is 12.4 Å². The maximum Gasteiger partial charge on any atom is 0.276 e. The summed E-state index contributed by atoms with van der Waals surface area (Å²) in [4.78, 5) is 12.8. The Kier molecular flexibility index (Phi) is 7.11. The van der Waals surface area contributed by atoms with Gasteiger partial charge in [-0.1, -0.05) is 46.9 Å². The highest BCUT2D eigenvalue weighted by Crippen LogP contribution is 2.31. The van der Waals surface area contributed by atoms with Crippen LogP contribution in [0.2, 0.25) is 15.1 Å². The largest absolute Gasteiger partial charge is 0.470 e. The first-order chi connectivity index (χ1) is 16.2. The molecule has 0 saturated heterocycles. The van der Waals surface area contributed by atoms with E-state index in [1.807, 2.05) is 6.92 Å². The van der Waals surface area contributed by atoms with Gasteiger partial charge < -0.3 is 10.1 Å². The second-order valence-electron chi connectivity index (χ2n) is 7.46. The number of carbonyl (C=O) groups excluding carboxylic acids is 1. The number of aryl methyl sites for hydroxylation is 1. The van der Waals surface area contributed by atoms with E-state index in [2.05, 4.69) is 15.5 Å². The third-order valence-electron chi connectivity index (χ3n) is 5.10. The van der Waals surface area contributed by atoms with Gasteiger partial charge in [0.1, 0.15) is 16.6 Å². The summed E-state index contributed by atoms with van der Waals surface area (Å²) in [5.74, 6) is -0.392. The zero-order chi connectivity index (χ0) is 24.4. The van der Waals surface area contributed by atoms with Gasteiger partial charge in [0, 0.05) is 11.2 Å². The van der Waals surface area contributed by atoms with Crippen LogP contribution in [-0.4, -0.2) is 25.5 Å². The fraction of sp³-hybridized carbons (Fsp3) is 0.174. The van der Waals surface area contributed by atoms with E-state index < -0.39 is 11.7 Å². The highest BCUT2D eigenvalue weighted by molar-refractivity contribution is 6.42. The Morgan fingerprint density at radius 2 is 1.88 bits per heavy atom. The molecule has 0 atom stereocenters. The molecule has 0 aliphatic heterocycles. The molecule has 2 aromatic carbocycles. The van der Waals surface area contributed by atoms with Crippen LogP contribution in [0.1, 0.15) is 27.4 Å². The maximum atomic E-state index is 13.3. The van der Waals surface area contributed by atoms with Crippen molar-refractivity contribution in [3.8, 4) is 5.75 Å². The van der Waals surface area contributed by atoms with Crippen molar-refractivity contribution in [3.05, 3.63) is 92.2 Å². The van der Waals surface area contributed by atoms with Crippen molar-refractivity contribution in [1.82, 2.24) is 19.6 Å². The number of nitrogens with zero attached hydrogens (tertiary/aromatic N) is 4. The molecule has 0 unspecified atom stereocenters. The number of amides is 1. The summed E-state index contributed by atoms with van der Waals surface area (Å²) >= 11 is 18.3. The number of aromatic nitrogens is 4. The van der Waals surface area contributed by atoms with Gasteiger partial charge in [-0.2, -0.15) is 10.2 Å². The van der Waals surface area contributed by atoms with E-state index >= 15 is 0 Å². The average molecular weight is 523 g/mol. The number of carbonyl (C=O) groups is 1. The Hall–Kier alpha value is -3.07. The highest BCUT2D eigenvalue weighted by Gasteiger charge is 2.18. The smallest absolute Gasteiger partial charge is 0.276 e. The third kappa shape index (κ3) is 5.19. The van der Waals surface area contributed by atoms with Crippen molar-refractivity contribution in [2.45, 2.75) is 27.1 Å². The second-order valence-corrected chi connectivity index (χ2v) is 8.65. The van der Waals surface area contributed by atoms with E-state index in [1.54, 1.807) is 48.1 Å². The third-order valence-corrected chi connectivity index (χ3v) is 6.25. The number of halogens is 4. The topological polar surface area (TPSA) is 74.0 Å². The van der Waals surface area contributed by atoms with Gasteiger partial charge in [0.25, 0.3) is 5.91 Å². The van der Waals surface area contributed by atoms with Crippen LogP contribution in [0.4, 0.5) is 10.1 Å². The Morgan fingerprint density at radius 1 is 1.09 bits per heavy atom. The number of rotatable bonds is 7. The number of hydrogen-bond acceptors (Lipinski definition) is 4. The summed E-state index contributed by atoms with van der Waals surface area (Å²) in [5.41, 5.74) is 2.84. The number of anilines is 1. The van der Waals surface area contributed by atoms with Crippen LogP contribution in [-0.2, 0) is 13.3 Å². The zero-order valence-electron chi connectivity index (χ0n) is 18.2. The molecule has 4 rings (SSSR count). The van der Waals surface area contributed by atoms with E-state index in [4.69, 9.17) is 39.5 Å². The summed E-state index contributed by atoms with van der Waals surface area (Å²) in [7, 11) is 0. The van der Waals surface area contributed by atoms with E-state index in [0.717, 1.165) is 5.69 Å². The fourth-order valence-electron chi connectivity index (χ4n) is 3.31. The molecule has 2 aromatic heterocycles. The van der Waals surface area contributed by atoms with Crippen molar-refractivity contribution < 1.29 is 13.9 Å². The molecule has 0 saturated carbocycles. The lowest BCUT2D eigenvalue weighted by Crippen LogP contribution is -2.15. The molecule has 0 radical (unpaired) electrons. The lowest BCUT2D eigenvalue weighted by atomic mass is 10.2. The highest BCUT2D eigenvalue weighted by atomic mass is 35.5. The molecule has 1 amide bonds. The van der Waals surface area contributed by atoms with Gasteiger partial charge in [0.05, 0.1) is 28.6 Å². The number of ether oxygens (including phenoxy) is 1. The minimum atomic E-state index is -0.407. The number of nitrogens with one attached hydrogen (secondary N) is 1. The fourth-order valence-corrected chi connectivity index (χ4v) is 3.88. The molecular formula is C23H19Cl3FN5O2. The molecule has 0 spiro atoms. The van der Waals surface area contributed by atoms with Gasteiger partial charge in [-0.05, 0) is 49.7 Å². The van der Waals surface area contributed by atoms with Crippen molar-refractivity contribution in [2.75, 3.05) is 5.32 Å². The first kappa shape index (κ1) is 24.1. The summed E-state index contributed by atoms with van der Waals surface area (Å²) in [6.45, 7) is 3.99. The lowest BCUT2D eigenvalue weighted by Gasteiger charge is -2.09. The van der Waals surface area contributed by atoms with Crippen molar-refractivity contribution >= 4 is 46.4 Å². The molecule has 0 fully saturated rings. The Balaban J connectivity index is 1.44. The summed E-state index contributed by atoms with van der Waals surface area (Å²) in [6, 6.07) is 10.9. The van der Waals surface area contributed by atoms with Gasteiger partial charge in [0.15, 0.2) is 12.4 Å². The Morgan fingerprint density at radius 3 is 2.65 bits per heavy atom. The van der Waals surface area contributed by atoms with Crippen molar-refractivity contribution in [1.29, 1.82) is 0 Å². The quantitative estimate of drug-likeness (QED) is 0.317. The first-order valence-electron chi connectivity index (χ1n) is 10.1. The molecule has 0 aliphatic carbocycles. The molecule has 7 nitrogen and oxygen atoms in total. The molecular weight excluding hydrogens is 504 g/mol. The van der Waals surface area contributed by atoms with Gasteiger partial charge in [-0.25, -0.2) is 9.07 Å². The SMILES string of the molecule is Cc1nn(Cc2ccc(F)cc2Cl)c(C)c1NC(=O)c1ccn(COc2cccc(Cl)c2Cl)n1. The predicted octanol–water partition coefficient (Wildman–Crippen LogP) is 6.13. The van der Waals surface area contributed by atoms with Gasteiger partial charge in [-0.3, -0.25) is 9.48 Å². The molecule has 0 bridgehead atoms. The van der Waals surface area contributed by atoms with Crippen LogP contribution in [0.5, 0.6) is 5.75 Å². The molecule has 2 heterocycles. The second kappa shape index (κ2) is 10.0. The monoisotopic (exact) mass is 521 g/mol. The molecule has 176 valence electrons. The maximum absolute atomic E-state index is 13.3. The minimum Gasteiger partial charge on any atom is -0.470 e. The summed E-state index contributed by atoms with van der Waals surface area (Å²) in [6.07, 6.45) is 1.62. The molecule has 4 aromatic rings. The molecule has 0 aliphatic rings. The first-order valence-corrected chi connectivity index (χ1v) is 11.3. The minimum absolute atomic E-state index is 0.0434. The zero-order valence-corrected chi connectivity index (χ0v) is 20.4. The lowest BCUT2D eigenvalue weighted by molar-refractivity contribution is 0.102. The van der Waals surface area contributed by atoms with E-state index in [1.165, 1.54) is 16.8 Å². The molecule has 34 heavy (non-hydrogen) atoms. The van der Waals surface area contributed by atoms with Gasteiger partial charge in [0.2, 0.25) is 0 Å². The van der Waals surface area contributed by atoms with Gasteiger partial charge in [-0.15, -0.1) is 0 Å². The summed E-state index contributed by atoms with van der Waals surface area (Å²) in [5, 5.41) is 12.6. The van der Waals surface area contributed by atoms with Crippen LogP contribution >= 0.6 is 34.8 Å². The molecule has 11 heteroatoms. The predicted molar refractivity (Wildman–Crippen MR) is 129 cm³/mol. The standard InChI is InChI=1S/C23H19Cl3FN5O2/c1-13-22(14(2)32(29-13)11-15-6-7-16(27)10-18(15)25)28-23(33)19-8-9-31(30-19)12-34-20-5-3-4-17(24)21(20)26/h3-10H,11-12H2,1-2H3,(H,28,33). The normalized spacial score (nSPS) is 11.0. The van der Waals surface area contributed by atoms with Crippen LogP contribution in [0.25, 0.3) is 0 Å². The van der Waals surface area contributed by atoms with Crippen LogP contribution in [0.3, 0.4) is 0 Å². The van der Waals surface area contributed by atoms with E-state index in [9.17, 15) is 9.18 Å². The Labute approximate surface area is 210 Å². The number of benzene rings is 2. The van der Waals surface area contributed by atoms with Gasteiger partial charge >= 0.3 is 0 Å².